The Kier molecular flexibility index (Phi) is 9.77. The minimum Gasteiger partial charge on any atom is -0.393 e. The first kappa shape index (κ1) is 28.5. The standard InChI is InChI=1S/C26H34F2N6O2/c1-7-15(4)17(22(35)9-3)10-16(5)20(8-2)33-24(29)18(13-30-6)21-11-23(32-14-31-21)34-25(36)19-12-26(19,27)28/h8,10-11,13-14,19,30H,7,9,12H2,1-6H3,(H2,29,33)(H,31,32,34,36)/b16-10-,17-15-,18-13-,20-8+. The predicted molar refractivity (Wildman–Crippen MR) is 138 cm³/mol. The molecule has 1 aromatic heterocycles. The van der Waals surface area contributed by atoms with Gasteiger partial charge in [-0.15, -0.1) is 0 Å². The van der Waals surface area contributed by atoms with Crippen molar-refractivity contribution in [1.29, 1.82) is 0 Å². The maximum absolute atomic E-state index is 13.2. The average Bonchev–Trinajstić information content (AvgIpc) is 3.51. The molecule has 0 aliphatic heterocycles. The lowest BCUT2D eigenvalue weighted by atomic mass is 9.98. The molecule has 1 fully saturated rings. The Morgan fingerprint density at radius 2 is 1.92 bits per heavy atom. The first-order valence-electron chi connectivity index (χ1n) is 11.8. The highest BCUT2D eigenvalue weighted by molar-refractivity contribution is 6.21. The Hall–Kier alpha value is -3.69. The number of nitrogens with zero attached hydrogens (tertiary/aromatic N) is 3. The number of carbonyl (C=O) groups excluding carboxylic acids is 2. The van der Waals surface area contributed by atoms with Gasteiger partial charge in [0.2, 0.25) is 5.91 Å². The fourth-order valence-electron chi connectivity index (χ4n) is 3.39. The van der Waals surface area contributed by atoms with Crippen molar-refractivity contribution in [3.8, 4) is 0 Å². The third-order valence-corrected chi connectivity index (χ3v) is 5.79. The van der Waals surface area contributed by atoms with Crippen molar-refractivity contribution < 1.29 is 18.4 Å². The van der Waals surface area contributed by atoms with Gasteiger partial charge in [-0.2, -0.15) is 0 Å². The molecule has 10 heteroatoms. The number of hydrogen-bond donors (Lipinski definition) is 3. The fraction of sp³-hybridized carbons (Fsp3) is 0.423. The van der Waals surface area contributed by atoms with Crippen LogP contribution in [0, 0.1) is 5.92 Å². The molecule has 194 valence electrons. The van der Waals surface area contributed by atoms with Crippen molar-refractivity contribution in [1.82, 2.24) is 15.3 Å². The summed E-state index contributed by atoms with van der Waals surface area (Å²) in [5.74, 6) is -4.87. The number of rotatable bonds is 11. The zero-order chi connectivity index (χ0) is 27.0. The van der Waals surface area contributed by atoms with Crippen molar-refractivity contribution in [2.45, 2.75) is 59.8 Å². The number of ketones is 1. The number of nitrogens with one attached hydrogen (secondary N) is 2. The van der Waals surface area contributed by atoms with E-state index < -0.39 is 24.2 Å². The van der Waals surface area contributed by atoms with Crippen molar-refractivity contribution >= 4 is 28.9 Å². The third-order valence-electron chi connectivity index (χ3n) is 5.79. The Labute approximate surface area is 210 Å². The molecule has 4 N–H and O–H groups in total. The maximum atomic E-state index is 13.2. The van der Waals surface area contributed by atoms with E-state index in [2.05, 4.69) is 25.6 Å². The van der Waals surface area contributed by atoms with Gasteiger partial charge in [-0.05, 0) is 38.8 Å². The molecule has 1 saturated carbocycles. The summed E-state index contributed by atoms with van der Waals surface area (Å²) in [5.41, 5.74) is 10.1. The number of carbonyl (C=O) groups is 2. The van der Waals surface area contributed by atoms with Crippen molar-refractivity contribution in [3.63, 3.8) is 0 Å². The van der Waals surface area contributed by atoms with Crippen LogP contribution in [0.3, 0.4) is 0 Å². The van der Waals surface area contributed by atoms with E-state index in [0.717, 1.165) is 17.6 Å². The van der Waals surface area contributed by atoms with Crippen LogP contribution in [-0.2, 0) is 9.59 Å². The van der Waals surface area contributed by atoms with Crippen LogP contribution in [0.25, 0.3) is 5.57 Å². The second-order valence-electron chi connectivity index (χ2n) is 8.46. The Bertz CT molecular complexity index is 1160. The SMILES string of the molecule is C/C=C(/N=C(N)\C(=C/NC)c1cc(NC(=O)C2CC2(F)F)ncn1)C(\C)=C/C(C(=O)CC)=C(\C)CC. The molecule has 1 amide bonds. The first-order valence-corrected chi connectivity index (χ1v) is 11.8. The summed E-state index contributed by atoms with van der Waals surface area (Å²) in [6.45, 7) is 9.42. The number of aliphatic imine (C=N–C) groups is 1. The number of Topliss-reactive ketones (excluding diaryl/α,β-unsaturated/α-hetero) is 1. The maximum Gasteiger partial charge on any atom is 0.260 e. The summed E-state index contributed by atoms with van der Waals surface area (Å²) in [4.78, 5) is 37.2. The van der Waals surface area contributed by atoms with Gasteiger partial charge in [0.25, 0.3) is 5.92 Å². The third kappa shape index (κ3) is 7.16. The summed E-state index contributed by atoms with van der Waals surface area (Å²) < 4.78 is 26.4. The van der Waals surface area contributed by atoms with Gasteiger partial charge in [-0.3, -0.25) is 9.59 Å². The first-order chi connectivity index (χ1) is 17.0. The van der Waals surface area contributed by atoms with Crippen LogP contribution in [0.4, 0.5) is 14.6 Å². The quantitative estimate of drug-likeness (QED) is 0.177. The van der Waals surface area contributed by atoms with Crippen LogP contribution in [0.15, 0.2) is 58.2 Å². The van der Waals surface area contributed by atoms with Crippen LogP contribution in [0.2, 0.25) is 0 Å². The van der Waals surface area contributed by atoms with Crippen molar-refractivity contribution in [2.75, 3.05) is 12.4 Å². The van der Waals surface area contributed by atoms with Gasteiger partial charge >= 0.3 is 0 Å². The van der Waals surface area contributed by atoms with E-state index in [-0.39, 0.29) is 17.4 Å². The lowest BCUT2D eigenvalue weighted by Crippen LogP contribution is -2.20. The van der Waals surface area contributed by atoms with Gasteiger partial charge in [-0.1, -0.05) is 25.5 Å². The number of aromatic nitrogens is 2. The molecule has 8 nitrogen and oxygen atoms in total. The molecule has 1 aromatic rings. The molecule has 1 atom stereocenters. The second-order valence-corrected chi connectivity index (χ2v) is 8.46. The van der Waals surface area contributed by atoms with Crippen molar-refractivity contribution in [3.05, 3.63) is 58.9 Å². The Morgan fingerprint density at radius 1 is 1.25 bits per heavy atom. The predicted octanol–water partition coefficient (Wildman–Crippen LogP) is 4.54. The summed E-state index contributed by atoms with van der Waals surface area (Å²) in [6, 6.07) is 1.44. The van der Waals surface area contributed by atoms with Gasteiger partial charge in [-0.25, -0.2) is 23.7 Å². The molecule has 1 aliphatic rings. The molecule has 0 aromatic carbocycles. The largest absolute Gasteiger partial charge is 0.393 e. The number of amides is 1. The molecule has 36 heavy (non-hydrogen) atoms. The summed E-state index contributed by atoms with van der Waals surface area (Å²) in [7, 11) is 1.68. The van der Waals surface area contributed by atoms with Crippen LogP contribution in [-0.4, -0.2) is 40.5 Å². The highest BCUT2D eigenvalue weighted by atomic mass is 19.3. The average molecular weight is 501 g/mol. The number of amidine groups is 1. The zero-order valence-corrected chi connectivity index (χ0v) is 21.6. The Morgan fingerprint density at radius 3 is 2.44 bits per heavy atom. The minimum absolute atomic E-state index is 0.0522. The molecule has 1 heterocycles. The molecular weight excluding hydrogens is 466 g/mol. The van der Waals surface area contributed by atoms with Crippen LogP contribution < -0.4 is 16.4 Å². The monoisotopic (exact) mass is 500 g/mol. The van der Waals surface area contributed by atoms with Gasteiger partial charge in [0, 0.05) is 37.7 Å². The van der Waals surface area contributed by atoms with Crippen LogP contribution in [0.5, 0.6) is 0 Å². The van der Waals surface area contributed by atoms with Gasteiger partial charge in [0.15, 0.2) is 5.78 Å². The highest BCUT2D eigenvalue weighted by Crippen LogP contribution is 2.49. The molecule has 0 bridgehead atoms. The highest BCUT2D eigenvalue weighted by Gasteiger charge is 2.61. The molecule has 0 saturated heterocycles. The summed E-state index contributed by atoms with van der Waals surface area (Å²) in [6.07, 6.45) is 7.07. The van der Waals surface area contributed by atoms with Crippen molar-refractivity contribution in [2.24, 2.45) is 16.6 Å². The zero-order valence-electron chi connectivity index (χ0n) is 21.6. The molecule has 0 radical (unpaired) electrons. The topological polar surface area (TPSA) is 122 Å². The number of halogens is 2. The molecular formula is C26H34F2N6O2. The van der Waals surface area contributed by atoms with Gasteiger partial charge in [0.05, 0.1) is 17.0 Å². The smallest absolute Gasteiger partial charge is 0.260 e. The number of hydrogen-bond acceptors (Lipinski definition) is 6. The number of allylic oxidation sites excluding steroid dienone is 5. The molecule has 1 aliphatic carbocycles. The minimum atomic E-state index is -2.98. The number of alkyl halides is 2. The molecule has 2 rings (SSSR count). The van der Waals surface area contributed by atoms with E-state index in [1.165, 1.54) is 12.4 Å². The van der Waals surface area contributed by atoms with E-state index in [9.17, 15) is 18.4 Å². The number of anilines is 1. The molecule has 0 spiro atoms. The van der Waals surface area contributed by atoms with E-state index in [1.54, 1.807) is 19.3 Å². The van der Waals surface area contributed by atoms with E-state index in [1.807, 2.05) is 40.7 Å². The summed E-state index contributed by atoms with van der Waals surface area (Å²) >= 11 is 0. The van der Waals surface area contributed by atoms with Gasteiger partial charge in [0.1, 0.15) is 23.9 Å². The van der Waals surface area contributed by atoms with E-state index in [4.69, 9.17) is 5.73 Å². The van der Waals surface area contributed by atoms with E-state index in [0.29, 0.717) is 29.0 Å². The fourth-order valence-corrected chi connectivity index (χ4v) is 3.39. The summed E-state index contributed by atoms with van der Waals surface area (Å²) in [5, 5.41) is 5.29. The second kappa shape index (κ2) is 12.3. The van der Waals surface area contributed by atoms with Crippen LogP contribution >= 0.6 is 0 Å². The normalized spacial score (nSPS) is 18.9. The number of nitrogens with two attached hydrogens (primary N) is 1. The van der Waals surface area contributed by atoms with Gasteiger partial charge < -0.3 is 16.4 Å². The van der Waals surface area contributed by atoms with E-state index >= 15 is 0 Å². The van der Waals surface area contributed by atoms with Crippen LogP contribution in [0.1, 0.15) is 59.6 Å². The Balaban J connectivity index is 2.37. The lowest BCUT2D eigenvalue weighted by molar-refractivity contribution is -0.119. The molecule has 1 unspecified atom stereocenters. The lowest BCUT2D eigenvalue weighted by Gasteiger charge is -2.11.